The summed E-state index contributed by atoms with van der Waals surface area (Å²) < 4.78 is 14.6. The quantitative estimate of drug-likeness (QED) is 0.540. The van der Waals surface area contributed by atoms with Gasteiger partial charge in [0.25, 0.3) is 0 Å². The van der Waals surface area contributed by atoms with E-state index in [1.54, 1.807) is 20.0 Å². The van der Waals surface area contributed by atoms with E-state index in [-0.39, 0.29) is 24.1 Å². The molecule has 1 aliphatic carbocycles. The Hall–Kier alpha value is -1.44. The molecule has 0 heterocycles. The number of hydrogen-bond acceptors (Lipinski definition) is 4. The Morgan fingerprint density at radius 3 is 2.68 bits per heavy atom. The molecular formula is C18H27BFNO4. The van der Waals surface area contributed by atoms with Gasteiger partial charge in [-0.3, -0.25) is 4.79 Å². The lowest BCUT2D eigenvalue weighted by Gasteiger charge is -2.29. The van der Waals surface area contributed by atoms with Crippen LogP contribution in [0.2, 0.25) is 6.32 Å². The SMILES string of the molecule is CC[C@H](NC)c1cc2c(cc1F)C[C@H](CCCB(O)O)[C@]2(C)C(=O)O. The molecule has 5 nitrogen and oxygen atoms in total. The molecule has 2 rings (SSSR count). The monoisotopic (exact) mass is 351 g/mol. The predicted octanol–water partition coefficient (Wildman–Crippen LogP) is 2.26. The van der Waals surface area contributed by atoms with E-state index in [9.17, 15) is 14.3 Å². The summed E-state index contributed by atoms with van der Waals surface area (Å²) in [6, 6.07) is 3.03. The normalized spacial score (nSPS) is 23.4. The Balaban J connectivity index is 2.40. The lowest BCUT2D eigenvalue weighted by Crippen LogP contribution is -2.37. The van der Waals surface area contributed by atoms with Crippen molar-refractivity contribution in [2.45, 2.75) is 57.3 Å². The molecular weight excluding hydrogens is 324 g/mol. The third-order valence-electron chi connectivity index (χ3n) is 5.66. The zero-order valence-electron chi connectivity index (χ0n) is 15.1. The summed E-state index contributed by atoms with van der Waals surface area (Å²) in [7, 11) is 0.380. The summed E-state index contributed by atoms with van der Waals surface area (Å²) in [6.45, 7) is 3.65. The first kappa shape index (κ1) is 19.9. The second kappa shape index (κ2) is 7.85. The number of carbonyl (C=O) groups is 1. The van der Waals surface area contributed by atoms with E-state index >= 15 is 0 Å². The van der Waals surface area contributed by atoms with Gasteiger partial charge in [-0.25, -0.2) is 4.39 Å². The standard InChI is InChI=1S/C18H27BFNO4/c1-4-16(21-3)13-10-14-11(9-15(13)20)8-12(6-5-7-19(24)25)18(14,2)17(22)23/h9-10,12,16,21,24-25H,4-8H2,1-3H3,(H,22,23)/t12-,16-,18-/m0/s1. The molecule has 3 atom stereocenters. The second-order valence-corrected chi connectivity index (χ2v) is 7.10. The van der Waals surface area contributed by atoms with Gasteiger partial charge in [-0.2, -0.15) is 0 Å². The molecule has 1 aliphatic rings. The van der Waals surface area contributed by atoms with Crippen LogP contribution in [0.4, 0.5) is 4.39 Å². The van der Waals surface area contributed by atoms with Gasteiger partial charge in [0, 0.05) is 11.6 Å². The Bertz CT molecular complexity index is 636. The van der Waals surface area contributed by atoms with Crippen molar-refractivity contribution in [1.82, 2.24) is 5.32 Å². The van der Waals surface area contributed by atoms with Crippen molar-refractivity contribution in [2.75, 3.05) is 7.05 Å². The fourth-order valence-corrected chi connectivity index (χ4v) is 4.05. The van der Waals surface area contributed by atoms with Crippen LogP contribution in [-0.2, 0) is 16.6 Å². The number of halogens is 1. The average Bonchev–Trinajstić information content (AvgIpc) is 2.81. The molecule has 1 aromatic rings. The highest BCUT2D eigenvalue weighted by molar-refractivity contribution is 6.40. The van der Waals surface area contributed by atoms with Crippen LogP contribution in [0, 0.1) is 11.7 Å². The molecule has 0 radical (unpaired) electrons. The van der Waals surface area contributed by atoms with E-state index in [1.165, 1.54) is 6.07 Å². The molecule has 25 heavy (non-hydrogen) atoms. The van der Waals surface area contributed by atoms with Crippen LogP contribution in [0.3, 0.4) is 0 Å². The molecule has 0 spiro atoms. The predicted molar refractivity (Wildman–Crippen MR) is 94.9 cm³/mol. The van der Waals surface area contributed by atoms with Crippen molar-refractivity contribution >= 4 is 13.1 Å². The lowest BCUT2D eigenvalue weighted by atomic mass is 9.72. The summed E-state index contributed by atoms with van der Waals surface area (Å²) in [4.78, 5) is 12.1. The highest BCUT2D eigenvalue weighted by atomic mass is 19.1. The van der Waals surface area contributed by atoms with Gasteiger partial charge in [0.1, 0.15) is 5.82 Å². The van der Waals surface area contributed by atoms with Crippen molar-refractivity contribution in [3.8, 4) is 0 Å². The van der Waals surface area contributed by atoms with Crippen LogP contribution in [0.1, 0.15) is 55.8 Å². The third kappa shape index (κ3) is 3.73. The average molecular weight is 351 g/mol. The fourth-order valence-electron chi connectivity index (χ4n) is 4.05. The van der Waals surface area contributed by atoms with E-state index in [0.717, 1.165) is 5.56 Å². The zero-order chi connectivity index (χ0) is 18.8. The Morgan fingerprint density at radius 2 is 2.16 bits per heavy atom. The van der Waals surface area contributed by atoms with Gasteiger partial charge >= 0.3 is 13.1 Å². The molecule has 0 unspecified atom stereocenters. The first-order chi connectivity index (χ1) is 11.7. The lowest BCUT2D eigenvalue weighted by molar-refractivity contribution is -0.145. The van der Waals surface area contributed by atoms with Gasteiger partial charge in [-0.15, -0.1) is 0 Å². The van der Waals surface area contributed by atoms with Crippen LogP contribution in [0.5, 0.6) is 0 Å². The van der Waals surface area contributed by atoms with Crippen LogP contribution < -0.4 is 5.32 Å². The summed E-state index contributed by atoms with van der Waals surface area (Å²) in [5.41, 5.74) is 0.832. The molecule has 0 aromatic heterocycles. The van der Waals surface area contributed by atoms with Gasteiger partial charge in [-0.05, 0) is 68.7 Å². The maximum Gasteiger partial charge on any atom is 0.451 e. The van der Waals surface area contributed by atoms with Gasteiger partial charge in [0.05, 0.1) is 5.41 Å². The summed E-state index contributed by atoms with van der Waals surface area (Å²) >= 11 is 0. The number of fused-ring (bicyclic) bond motifs is 1. The number of rotatable bonds is 8. The van der Waals surface area contributed by atoms with E-state index < -0.39 is 18.5 Å². The first-order valence-corrected chi connectivity index (χ1v) is 8.85. The summed E-state index contributed by atoms with van der Waals surface area (Å²) in [5, 5.41) is 31.0. The molecule has 7 heteroatoms. The molecule has 4 N–H and O–H groups in total. The Morgan fingerprint density at radius 1 is 1.48 bits per heavy atom. The second-order valence-electron chi connectivity index (χ2n) is 7.10. The Kier molecular flexibility index (Phi) is 6.24. The van der Waals surface area contributed by atoms with E-state index in [2.05, 4.69) is 5.32 Å². The summed E-state index contributed by atoms with van der Waals surface area (Å²) in [6.07, 6.45) is 2.47. The molecule has 0 saturated carbocycles. The molecule has 1 aromatic carbocycles. The van der Waals surface area contributed by atoms with Gasteiger partial charge < -0.3 is 20.5 Å². The molecule has 0 bridgehead atoms. The van der Waals surface area contributed by atoms with Crippen molar-refractivity contribution < 1.29 is 24.3 Å². The maximum absolute atomic E-state index is 14.6. The third-order valence-corrected chi connectivity index (χ3v) is 5.66. The van der Waals surface area contributed by atoms with Crippen LogP contribution in [0.15, 0.2) is 12.1 Å². The topological polar surface area (TPSA) is 89.8 Å². The van der Waals surface area contributed by atoms with E-state index in [0.29, 0.717) is 36.8 Å². The van der Waals surface area contributed by atoms with Crippen LogP contribution in [0.25, 0.3) is 0 Å². The minimum atomic E-state index is -1.38. The maximum atomic E-state index is 14.6. The van der Waals surface area contributed by atoms with Gasteiger partial charge in [0.15, 0.2) is 0 Å². The van der Waals surface area contributed by atoms with E-state index in [1.807, 2.05) is 6.92 Å². The number of hydrogen-bond donors (Lipinski definition) is 4. The smallest absolute Gasteiger partial charge is 0.451 e. The molecule has 0 aliphatic heterocycles. The molecule has 0 fully saturated rings. The Labute approximate surface area is 148 Å². The number of aliphatic carboxylic acids is 1. The van der Waals surface area contributed by atoms with Crippen molar-refractivity contribution in [3.63, 3.8) is 0 Å². The highest BCUT2D eigenvalue weighted by Crippen LogP contribution is 2.47. The fraction of sp³-hybridized carbons (Fsp3) is 0.611. The minimum Gasteiger partial charge on any atom is -0.481 e. The van der Waals surface area contributed by atoms with E-state index in [4.69, 9.17) is 10.0 Å². The highest BCUT2D eigenvalue weighted by Gasteiger charge is 2.49. The largest absolute Gasteiger partial charge is 0.481 e. The number of nitrogens with one attached hydrogen (secondary N) is 1. The summed E-state index contributed by atoms with van der Waals surface area (Å²) in [5.74, 6) is -1.42. The number of benzene rings is 1. The minimum absolute atomic E-state index is 0.160. The van der Waals surface area contributed by atoms with Crippen molar-refractivity contribution in [3.05, 3.63) is 34.6 Å². The number of carboxylic acid groups (broad SMARTS) is 1. The number of carboxylic acids is 1. The molecule has 0 saturated heterocycles. The molecule has 0 amide bonds. The van der Waals surface area contributed by atoms with Gasteiger partial charge in [0.2, 0.25) is 0 Å². The van der Waals surface area contributed by atoms with Gasteiger partial charge in [-0.1, -0.05) is 13.3 Å². The van der Waals surface area contributed by atoms with Crippen LogP contribution >= 0.6 is 0 Å². The molecule has 138 valence electrons. The van der Waals surface area contributed by atoms with Crippen molar-refractivity contribution in [2.24, 2.45) is 5.92 Å². The van der Waals surface area contributed by atoms with Crippen LogP contribution in [-0.4, -0.2) is 35.3 Å². The van der Waals surface area contributed by atoms with Crippen molar-refractivity contribution in [1.29, 1.82) is 0 Å². The first-order valence-electron chi connectivity index (χ1n) is 8.85. The zero-order valence-corrected chi connectivity index (χ0v) is 15.1.